The zero-order valence-corrected chi connectivity index (χ0v) is 19.0. The van der Waals surface area contributed by atoms with Crippen molar-refractivity contribution in [1.29, 1.82) is 0 Å². The molecule has 2 atom stereocenters. The van der Waals surface area contributed by atoms with E-state index in [9.17, 15) is 4.79 Å². The quantitative estimate of drug-likeness (QED) is 0.699. The van der Waals surface area contributed by atoms with Crippen LogP contribution < -0.4 is 9.47 Å². The molecule has 0 radical (unpaired) electrons. The molecule has 0 aromatic heterocycles. The van der Waals surface area contributed by atoms with E-state index in [1.54, 1.807) is 0 Å². The van der Waals surface area contributed by atoms with E-state index in [-0.39, 0.29) is 39.0 Å². The lowest BCUT2D eigenvalue weighted by molar-refractivity contribution is -0.129. The van der Waals surface area contributed by atoms with Crippen molar-refractivity contribution in [2.45, 2.75) is 53.0 Å². The lowest BCUT2D eigenvalue weighted by atomic mass is 9.80. The molecule has 0 N–H and O–H groups in total. The first kappa shape index (κ1) is 24.2. The highest BCUT2D eigenvalue weighted by molar-refractivity contribution is 7.59. The van der Waals surface area contributed by atoms with Crippen LogP contribution in [0, 0.1) is 11.8 Å². The Hall–Kier alpha value is -0.850. The van der Waals surface area contributed by atoms with E-state index in [2.05, 4.69) is 30.9 Å². The molecule has 2 aliphatic rings. The zero-order valence-electron chi connectivity index (χ0n) is 17.0. The van der Waals surface area contributed by atoms with Gasteiger partial charge in [-0.05, 0) is 55.9 Å². The minimum Gasteiger partial charge on any atom is -0.490 e. The fraction of sp³-hybridized carbons (Fsp3) is 0.667. The monoisotopic (exact) mass is 413 g/mol. The third-order valence-electron chi connectivity index (χ3n) is 5.33. The second kappa shape index (κ2) is 10.6. The average Bonchev–Trinajstić information content (AvgIpc) is 2.56. The molecule has 0 amide bonds. The Labute approximate surface area is 177 Å². The van der Waals surface area contributed by atoms with Crippen LogP contribution in [0.1, 0.15) is 57.7 Å². The van der Waals surface area contributed by atoms with Crippen molar-refractivity contribution in [3.8, 4) is 11.5 Å². The molecule has 27 heavy (non-hydrogen) atoms. The van der Waals surface area contributed by atoms with Gasteiger partial charge in [0.1, 0.15) is 5.78 Å². The van der Waals surface area contributed by atoms with Crippen LogP contribution in [-0.4, -0.2) is 37.0 Å². The third kappa shape index (κ3) is 5.36. The molecule has 6 heteroatoms. The van der Waals surface area contributed by atoms with Crippen LogP contribution in [0.4, 0.5) is 0 Å². The minimum absolute atomic E-state index is 0. The Bertz CT molecular complexity index is 636. The second-order valence-electron chi connectivity index (χ2n) is 7.62. The topological polar surface area (TPSA) is 38.8 Å². The fourth-order valence-corrected chi connectivity index (χ4v) is 4.27. The lowest BCUT2D eigenvalue weighted by Crippen LogP contribution is -2.46. The van der Waals surface area contributed by atoms with Gasteiger partial charge in [0.2, 0.25) is 0 Å². The van der Waals surface area contributed by atoms with E-state index in [1.807, 2.05) is 13.8 Å². The number of nitrogens with zero attached hydrogens (tertiary/aromatic N) is 1. The van der Waals surface area contributed by atoms with Crippen molar-refractivity contribution in [3.63, 3.8) is 0 Å². The van der Waals surface area contributed by atoms with Crippen LogP contribution in [0.25, 0.3) is 0 Å². The summed E-state index contributed by atoms with van der Waals surface area (Å²) in [5.74, 6) is 2.83. The molecule has 1 fully saturated rings. The first-order chi connectivity index (χ1) is 12.0. The summed E-state index contributed by atoms with van der Waals surface area (Å²) in [4.78, 5) is 15.2. The van der Waals surface area contributed by atoms with Crippen molar-refractivity contribution in [2.24, 2.45) is 11.8 Å². The van der Waals surface area contributed by atoms with Crippen LogP contribution in [-0.2, 0) is 11.2 Å². The third-order valence-corrected chi connectivity index (χ3v) is 5.33. The zero-order chi connectivity index (χ0) is 18.0. The number of hydrogen-bond donors (Lipinski definition) is 0. The number of hydrogen-bond acceptors (Lipinski definition) is 4. The number of ether oxygens (including phenoxy) is 2. The van der Waals surface area contributed by atoms with Crippen molar-refractivity contribution in [1.82, 2.24) is 4.90 Å². The van der Waals surface area contributed by atoms with E-state index in [0.29, 0.717) is 31.3 Å². The standard InChI is InChI=1S/C21H31NO3.2H2S/c1-5-24-20-10-15-7-8-22-13-16(9-14(3)4)19(23)12-18(22)17(15)11-21(20)25-6-2;;/h10-11,14,16,18H,5-9,12-13H2,1-4H3;2*1H2/t16-,18-;;/m0../s1. The fourth-order valence-electron chi connectivity index (χ4n) is 4.27. The summed E-state index contributed by atoms with van der Waals surface area (Å²) in [6.07, 6.45) is 2.65. The van der Waals surface area contributed by atoms with E-state index in [0.717, 1.165) is 37.4 Å². The van der Waals surface area contributed by atoms with Gasteiger partial charge in [0.15, 0.2) is 11.5 Å². The Balaban J connectivity index is 0.00000182. The van der Waals surface area contributed by atoms with Gasteiger partial charge in [0.05, 0.1) is 13.2 Å². The van der Waals surface area contributed by atoms with E-state index in [1.165, 1.54) is 11.1 Å². The molecule has 0 saturated carbocycles. The van der Waals surface area contributed by atoms with Gasteiger partial charge in [-0.25, -0.2) is 0 Å². The Morgan fingerprint density at radius 1 is 1.11 bits per heavy atom. The van der Waals surface area contributed by atoms with Gasteiger partial charge in [-0.15, -0.1) is 0 Å². The molecule has 0 spiro atoms. The van der Waals surface area contributed by atoms with E-state index < -0.39 is 0 Å². The summed E-state index contributed by atoms with van der Waals surface area (Å²) < 4.78 is 11.6. The molecular weight excluding hydrogens is 378 g/mol. The normalized spacial score (nSPS) is 21.6. The predicted octanol–water partition coefficient (Wildman–Crippen LogP) is 4.24. The summed E-state index contributed by atoms with van der Waals surface area (Å²) in [7, 11) is 0. The molecule has 0 bridgehead atoms. The van der Waals surface area contributed by atoms with Crippen molar-refractivity contribution in [3.05, 3.63) is 23.3 Å². The first-order valence-corrected chi connectivity index (χ1v) is 9.72. The summed E-state index contributed by atoms with van der Waals surface area (Å²) in [6, 6.07) is 4.46. The highest BCUT2D eigenvalue weighted by Crippen LogP contribution is 2.42. The maximum absolute atomic E-state index is 12.7. The Morgan fingerprint density at radius 3 is 2.33 bits per heavy atom. The smallest absolute Gasteiger partial charge is 0.161 e. The van der Waals surface area contributed by atoms with Gasteiger partial charge in [-0.3, -0.25) is 9.69 Å². The molecular formula is C21H35NO3S2. The number of ketones is 1. The first-order valence-electron chi connectivity index (χ1n) is 9.72. The maximum atomic E-state index is 12.7. The molecule has 1 saturated heterocycles. The summed E-state index contributed by atoms with van der Waals surface area (Å²) in [5, 5.41) is 0. The molecule has 1 aromatic carbocycles. The van der Waals surface area contributed by atoms with Crippen LogP contribution in [0.2, 0.25) is 0 Å². The van der Waals surface area contributed by atoms with Crippen LogP contribution in [0.5, 0.6) is 11.5 Å². The van der Waals surface area contributed by atoms with Gasteiger partial charge in [-0.2, -0.15) is 27.0 Å². The molecule has 3 rings (SSSR count). The number of carbonyl (C=O) groups is 1. The molecule has 0 aliphatic carbocycles. The summed E-state index contributed by atoms with van der Waals surface area (Å²) in [6.45, 7) is 11.6. The number of rotatable bonds is 6. The predicted molar refractivity (Wildman–Crippen MR) is 120 cm³/mol. The molecule has 2 aliphatic heterocycles. The number of benzene rings is 1. The molecule has 2 heterocycles. The lowest BCUT2D eigenvalue weighted by Gasteiger charge is -2.43. The largest absolute Gasteiger partial charge is 0.490 e. The molecule has 4 nitrogen and oxygen atoms in total. The number of carbonyl (C=O) groups excluding carboxylic acids is 1. The summed E-state index contributed by atoms with van der Waals surface area (Å²) in [5.41, 5.74) is 2.57. The van der Waals surface area contributed by atoms with Crippen molar-refractivity contribution in [2.75, 3.05) is 26.3 Å². The van der Waals surface area contributed by atoms with Gasteiger partial charge in [0.25, 0.3) is 0 Å². The highest BCUT2D eigenvalue weighted by atomic mass is 32.1. The minimum atomic E-state index is 0. The summed E-state index contributed by atoms with van der Waals surface area (Å²) >= 11 is 0. The SMILES string of the molecule is CCOc1cc2c(cc1OCC)[C@@H]1CC(=O)[C@@H](CC(C)C)CN1CC2.S.S. The van der Waals surface area contributed by atoms with E-state index in [4.69, 9.17) is 9.47 Å². The van der Waals surface area contributed by atoms with Crippen molar-refractivity contribution < 1.29 is 14.3 Å². The van der Waals surface area contributed by atoms with Crippen LogP contribution in [0.15, 0.2) is 12.1 Å². The highest BCUT2D eigenvalue weighted by Gasteiger charge is 2.38. The van der Waals surface area contributed by atoms with E-state index >= 15 is 0 Å². The second-order valence-corrected chi connectivity index (χ2v) is 7.62. The van der Waals surface area contributed by atoms with Gasteiger partial charge in [-0.1, -0.05) is 13.8 Å². The van der Waals surface area contributed by atoms with Crippen LogP contribution >= 0.6 is 27.0 Å². The number of Topliss-reactive ketones (excluding diaryl/α,β-unsaturated/α-hetero) is 1. The van der Waals surface area contributed by atoms with Gasteiger partial charge >= 0.3 is 0 Å². The van der Waals surface area contributed by atoms with Crippen molar-refractivity contribution >= 4 is 32.8 Å². The molecule has 154 valence electrons. The van der Waals surface area contributed by atoms with Crippen LogP contribution in [0.3, 0.4) is 0 Å². The molecule has 1 aromatic rings. The molecule has 0 unspecified atom stereocenters. The average molecular weight is 414 g/mol. The van der Waals surface area contributed by atoms with Gasteiger partial charge < -0.3 is 9.47 Å². The Morgan fingerprint density at radius 2 is 1.74 bits per heavy atom. The maximum Gasteiger partial charge on any atom is 0.161 e. The Kier molecular flexibility index (Phi) is 9.52. The van der Waals surface area contributed by atoms with Gasteiger partial charge in [0, 0.05) is 31.5 Å². The number of piperidine rings is 1. The number of fused-ring (bicyclic) bond motifs is 3.